The highest BCUT2D eigenvalue weighted by Crippen LogP contribution is 2.28. The van der Waals surface area contributed by atoms with Gasteiger partial charge in [-0.2, -0.15) is 0 Å². The molecule has 0 saturated heterocycles. The first-order chi connectivity index (χ1) is 8.84. The van der Waals surface area contributed by atoms with Gasteiger partial charge in [-0.3, -0.25) is 0 Å². The van der Waals surface area contributed by atoms with Crippen molar-refractivity contribution >= 4 is 38.7 Å². The van der Waals surface area contributed by atoms with E-state index < -0.39 is 0 Å². The zero-order valence-electron chi connectivity index (χ0n) is 9.88. The van der Waals surface area contributed by atoms with Gasteiger partial charge in [-0.15, -0.1) is 22.7 Å². The number of nitrogens with zero attached hydrogens (tertiary/aromatic N) is 3. The summed E-state index contributed by atoms with van der Waals surface area (Å²) in [6.07, 6.45) is 2.53. The lowest BCUT2D eigenvalue weighted by Crippen LogP contribution is -2.06. The summed E-state index contributed by atoms with van der Waals surface area (Å²) in [5.74, 6) is 0.924. The molecule has 3 rings (SSSR count). The summed E-state index contributed by atoms with van der Waals surface area (Å²) in [6.45, 7) is 2.91. The quantitative estimate of drug-likeness (QED) is 0.795. The van der Waals surface area contributed by atoms with Crippen LogP contribution in [-0.2, 0) is 6.42 Å². The molecule has 0 amide bonds. The number of rotatable bonds is 4. The van der Waals surface area contributed by atoms with Crippen molar-refractivity contribution in [2.24, 2.45) is 0 Å². The Labute approximate surface area is 113 Å². The Hall–Kier alpha value is -1.53. The average molecular weight is 276 g/mol. The molecule has 0 fully saturated rings. The third-order valence-corrected chi connectivity index (χ3v) is 4.42. The van der Waals surface area contributed by atoms with Crippen molar-refractivity contribution in [3.05, 3.63) is 33.9 Å². The summed E-state index contributed by atoms with van der Waals surface area (Å²) in [5.41, 5.74) is 5.24. The normalized spacial score (nSPS) is 10.9. The second-order valence-corrected chi connectivity index (χ2v) is 5.57. The van der Waals surface area contributed by atoms with Gasteiger partial charge in [0, 0.05) is 18.3 Å². The maximum atomic E-state index is 4.31. The third kappa shape index (κ3) is 2.21. The standard InChI is InChI=1S/C12H12N4S2/c1-8-4-18-11-10(8)14-6-15-12(11)13-3-2-9-5-17-7-16-9/h4-7H,2-3H2,1H3,(H,13,14,15). The highest BCUT2D eigenvalue weighted by atomic mass is 32.1. The Morgan fingerprint density at radius 3 is 3.00 bits per heavy atom. The Morgan fingerprint density at radius 2 is 2.17 bits per heavy atom. The van der Waals surface area contributed by atoms with Gasteiger partial charge in [-0.1, -0.05) is 0 Å². The van der Waals surface area contributed by atoms with Crippen LogP contribution in [0.5, 0.6) is 0 Å². The van der Waals surface area contributed by atoms with E-state index in [9.17, 15) is 0 Å². The molecule has 3 aromatic rings. The molecule has 92 valence electrons. The minimum atomic E-state index is 0.840. The van der Waals surface area contributed by atoms with Crippen molar-refractivity contribution in [2.45, 2.75) is 13.3 Å². The molecule has 1 N–H and O–H groups in total. The zero-order chi connectivity index (χ0) is 12.4. The van der Waals surface area contributed by atoms with Crippen LogP contribution >= 0.6 is 22.7 Å². The molecule has 0 spiro atoms. The van der Waals surface area contributed by atoms with E-state index in [0.29, 0.717) is 0 Å². The van der Waals surface area contributed by atoms with Crippen LogP contribution in [0, 0.1) is 6.92 Å². The molecule has 4 nitrogen and oxygen atoms in total. The maximum absolute atomic E-state index is 4.31. The maximum Gasteiger partial charge on any atom is 0.147 e. The largest absolute Gasteiger partial charge is 0.368 e. The summed E-state index contributed by atoms with van der Waals surface area (Å²) >= 11 is 3.32. The average Bonchev–Trinajstić information content (AvgIpc) is 3.01. The Morgan fingerprint density at radius 1 is 1.22 bits per heavy atom. The van der Waals surface area contributed by atoms with Crippen LogP contribution in [0.1, 0.15) is 11.3 Å². The first-order valence-corrected chi connectivity index (χ1v) is 7.46. The number of anilines is 1. The number of thiophene rings is 1. The lowest BCUT2D eigenvalue weighted by atomic mass is 10.3. The lowest BCUT2D eigenvalue weighted by molar-refractivity contribution is 0.969. The number of aryl methyl sites for hydroxylation is 1. The molecule has 0 atom stereocenters. The van der Waals surface area contributed by atoms with E-state index in [1.165, 1.54) is 5.56 Å². The zero-order valence-corrected chi connectivity index (χ0v) is 11.5. The summed E-state index contributed by atoms with van der Waals surface area (Å²) in [6, 6.07) is 0. The van der Waals surface area contributed by atoms with Gasteiger partial charge in [-0.05, 0) is 17.9 Å². The van der Waals surface area contributed by atoms with Gasteiger partial charge in [-0.25, -0.2) is 15.0 Å². The van der Waals surface area contributed by atoms with Gasteiger partial charge in [0.25, 0.3) is 0 Å². The first-order valence-electron chi connectivity index (χ1n) is 5.64. The molecule has 0 saturated carbocycles. The van der Waals surface area contributed by atoms with Crippen molar-refractivity contribution in [2.75, 3.05) is 11.9 Å². The Bertz CT molecular complexity index is 645. The molecule has 0 radical (unpaired) electrons. The van der Waals surface area contributed by atoms with Crippen molar-refractivity contribution in [3.8, 4) is 0 Å². The second kappa shape index (κ2) is 4.99. The van der Waals surface area contributed by atoms with Crippen LogP contribution in [0.3, 0.4) is 0 Å². The topological polar surface area (TPSA) is 50.7 Å². The molecule has 0 aliphatic carbocycles. The van der Waals surface area contributed by atoms with Gasteiger partial charge in [0.15, 0.2) is 0 Å². The lowest BCUT2D eigenvalue weighted by Gasteiger charge is -2.04. The molecule has 0 bridgehead atoms. The molecule has 6 heteroatoms. The van der Waals surface area contributed by atoms with E-state index >= 15 is 0 Å². The molecule has 0 aliphatic rings. The molecule has 18 heavy (non-hydrogen) atoms. The SMILES string of the molecule is Cc1csc2c(NCCc3cscn3)ncnc12. The highest BCUT2D eigenvalue weighted by Gasteiger charge is 2.07. The number of thiazole rings is 1. The molecule has 0 aliphatic heterocycles. The van der Waals surface area contributed by atoms with Gasteiger partial charge >= 0.3 is 0 Å². The van der Waals surface area contributed by atoms with Crippen LogP contribution in [0.25, 0.3) is 10.2 Å². The fourth-order valence-corrected chi connectivity index (χ4v) is 3.33. The summed E-state index contributed by atoms with van der Waals surface area (Å²) in [5, 5.41) is 7.56. The van der Waals surface area contributed by atoms with Gasteiger partial charge < -0.3 is 5.32 Å². The van der Waals surface area contributed by atoms with Gasteiger partial charge in [0.2, 0.25) is 0 Å². The van der Waals surface area contributed by atoms with Crippen LogP contribution < -0.4 is 5.32 Å². The first kappa shape index (κ1) is 11.6. The van der Waals surface area contributed by atoms with E-state index in [-0.39, 0.29) is 0 Å². The van der Waals surface area contributed by atoms with Crippen LogP contribution in [0.2, 0.25) is 0 Å². The van der Waals surface area contributed by atoms with E-state index in [1.807, 2.05) is 5.51 Å². The minimum absolute atomic E-state index is 0.840. The highest BCUT2D eigenvalue weighted by molar-refractivity contribution is 7.18. The summed E-state index contributed by atoms with van der Waals surface area (Å²) in [7, 11) is 0. The van der Waals surface area contributed by atoms with Gasteiger partial charge in [0.1, 0.15) is 12.1 Å². The number of fused-ring (bicyclic) bond motifs is 1. The molecule has 3 aromatic heterocycles. The number of nitrogens with one attached hydrogen (secondary N) is 1. The van der Waals surface area contributed by atoms with Crippen molar-refractivity contribution < 1.29 is 0 Å². The molecule has 3 heterocycles. The van der Waals surface area contributed by atoms with Crippen molar-refractivity contribution in [1.82, 2.24) is 15.0 Å². The van der Waals surface area contributed by atoms with Crippen LogP contribution in [0.15, 0.2) is 22.6 Å². The van der Waals surface area contributed by atoms with Crippen LogP contribution in [0.4, 0.5) is 5.82 Å². The van der Waals surface area contributed by atoms with Gasteiger partial charge in [0.05, 0.1) is 21.4 Å². The fourth-order valence-electron chi connectivity index (χ4n) is 1.77. The van der Waals surface area contributed by atoms with E-state index in [1.54, 1.807) is 29.0 Å². The van der Waals surface area contributed by atoms with E-state index in [2.05, 4.69) is 38.0 Å². The van der Waals surface area contributed by atoms with E-state index in [4.69, 9.17) is 0 Å². The number of aromatic nitrogens is 3. The minimum Gasteiger partial charge on any atom is -0.368 e. The predicted molar refractivity (Wildman–Crippen MR) is 76.5 cm³/mol. The fraction of sp³-hybridized carbons (Fsp3) is 0.250. The monoisotopic (exact) mass is 276 g/mol. The van der Waals surface area contributed by atoms with Crippen LogP contribution in [-0.4, -0.2) is 21.5 Å². The van der Waals surface area contributed by atoms with E-state index in [0.717, 1.165) is 34.7 Å². The third-order valence-electron chi connectivity index (χ3n) is 2.69. The summed E-state index contributed by atoms with van der Waals surface area (Å²) < 4.78 is 1.13. The molecule has 0 aromatic carbocycles. The van der Waals surface area contributed by atoms with Crippen molar-refractivity contribution in [3.63, 3.8) is 0 Å². The molecular weight excluding hydrogens is 264 g/mol. The molecular formula is C12H12N4S2. The summed E-state index contributed by atoms with van der Waals surface area (Å²) in [4.78, 5) is 12.9. The second-order valence-electron chi connectivity index (χ2n) is 3.98. The number of hydrogen-bond donors (Lipinski definition) is 1. The Balaban J connectivity index is 1.74. The van der Waals surface area contributed by atoms with Crippen molar-refractivity contribution in [1.29, 1.82) is 0 Å². The smallest absolute Gasteiger partial charge is 0.147 e. The Kier molecular flexibility index (Phi) is 3.21. The predicted octanol–water partition coefficient (Wildman–Crippen LogP) is 3.11. The molecule has 0 unspecified atom stereocenters. The number of hydrogen-bond acceptors (Lipinski definition) is 6.